The first-order valence-corrected chi connectivity index (χ1v) is 6.88. The minimum atomic E-state index is -0.742. The molecule has 1 aliphatic heterocycles. The largest absolute Gasteiger partial charge is 0.496 e. The van der Waals surface area contributed by atoms with E-state index in [4.69, 9.17) is 10.5 Å². The number of hydrogen-bond donors (Lipinski definition) is 1. The van der Waals surface area contributed by atoms with E-state index in [0.717, 1.165) is 25.8 Å². The lowest BCUT2D eigenvalue weighted by Gasteiger charge is -2.35. The fourth-order valence-electron chi connectivity index (χ4n) is 2.75. The van der Waals surface area contributed by atoms with Gasteiger partial charge in [0.2, 0.25) is 0 Å². The third-order valence-electron chi connectivity index (χ3n) is 3.87. The predicted molar refractivity (Wildman–Crippen MR) is 78.8 cm³/mol. The first-order chi connectivity index (χ1) is 9.95. The van der Waals surface area contributed by atoms with Gasteiger partial charge in [0.25, 0.3) is 11.6 Å². The van der Waals surface area contributed by atoms with E-state index < -0.39 is 10.8 Å². The predicted octanol–water partition coefficient (Wildman–Crippen LogP) is 2.08. The normalized spacial score (nSPS) is 18.4. The SMILES string of the molecule is COc1cc(N2CCCC[C@@H]2C)c([N+](=O)[O-])cc1C(N)=O. The molecule has 21 heavy (non-hydrogen) atoms. The Morgan fingerprint density at radius 2 is 2.19 bits per heavy atom. The lowest BCUT2D eigenvalue weighted by atomic mass is 10.0. The zero-order valence-electron chi connectivity index (χ0n) is 12.2. The zero-order valence-corrected chi connectivity index (χ0v) is 12.2. The molecule has 1 aromatic rings. The number of anilines is 1. The number of hydrogen-bond acceptors (Lipinski definition) is 5. The minimum absolute atomic E-state index is 0.0256. The Kier molecular flexibility index (Phi) is 4.30. The Labute approximate surface area is 122 Å². The number of ether oxygens (including phenoxy) is 1. The maximum atomic E-state index is 11.4. The Morgan fingerprint density at radius 1 is 1.48 bits per heavy atom. The second kappa shape index (κ2) is 5.99. The van der Waals surface area contributed by atoms with Gasteiger partial charge in [0.1, 0.15) is 11.4 Å². The molecular formula is C14H19N3O4. The number of amides is 1. The highest BCUT2D eigenvalue weighted by Gasteiger charge is 2.28. The molecule has 1 heterocycles. The second-order valence-electron chi connectivity index (χ2n) is 5.20. The fraction of sp³-hybridized carbons (Fsp3) is 0.500. The van der Waals surface area contributed by atoms with E-state index in [1.54, 1.807) is 6.07 Å². The van der Waals surface area contributed by atoms with Gasteiger partial charge in [-0.25, -0.2) is 0 Å². The second-order valence-corrected chi connectivity index (χ2v) is 5.20. The van der Waals surface area contributed by atoms with Crippen LogP contribution < -0.4 is 15.4 Å². The molecule has 1 saturated heterocycles. The summed E-state index contributed by atoms with van der Waals surface area (Å²) in [6.07, 6.45) is 3.08. The average Bonchev–Trinajstić information content (AvgIpc) is 2.46. The molecule has 2 N–H and O–H groups in total. The molecule has 0 unspecified atom stereocenters. The van der Waals surface area contributed by atoms with Crippen LogP contribution in [-0.4, -0.2) is 30.5 Å². The molecule has 1 aromatic carbocycles. The van der Waals surface area contributed by atoms with Crippen molar-refractivity contribution in [1.29, 1.82) is 0 Å². The maximum Gasteiger partial charge on any atom is 0.293 e. The zero-order chi connectivity index (χ0) is 15.6. The molecule has 0 aliphatic carbocycles. The molecule has 0 spiro atoms. The highest BCUT2D eigenvalue weighted by molar-refractivity contribution is 5.97. The van der Waals surface area contributed by atoms with Crippen molar-refractivity contribution in [3.05, 3.63) is 27.8 Å². The molecule has 7 nitrogen and oxygen atoms in total. The summed E-state index contributed by atoms with van der Waals surface area (Å²) in [5, 5.41) is 11.3. The maximum absolute atomic E-state index is 11.4. The van der Waals surface area contributed by atoms with Gasteiger partial charge in [0.15, 0.2) is 0 Å². The summed E-state index contributed by atoms with van der Waals surface area (Å²) >= 11 is 0. The molecule has 0 radical (unpaired) electrons. The quantitative estimate of drug-likeness (QED) is 0.677. The highest BCUT2D eigenvalue weighted by Crippen LogP contribution is 2.37. The lowest BCUT2D eigenvalue weighted by Crippen LogP contribution is -2.37. The first kappa shape index (κ1) is 15.1. The van der Waals surface area contributed by atoms with E-state index in [1.165, 1.54) is 13.2 Å². The average molecular weight is 293 g/mol. The molecule has 1 aliphatic rings. The van der Waals surface area contributed by atoms with Crippen LogP contribution in [0.15, 0.2) is 12.1 Å². The summed E-state index contributed by atoms with van der Waals surface area (Å²) in [4.78, 5) is 24.3. The molecule has 1 amide bonds. The Bertz CT molecular complexity index is 574. The molecule has 114 valence electrons. The van der Waals surface area contributed by atoms with Crippen molar-refractivity contribution in [3.63, 3.8) is 0 Å². The summed E-state index contributed by atoms with van der Waals surface area (Å²) in [7, 11) is 1.41. The molecule has 7 heteroatoms. The fourth-order valence-corrected chi connectivity index (χ4v) is 2.75. The smallest absolute Gasteiger partial charge is 0.293 e. The molecule has 0 saturated carbocycles. The van der Waals surface area contributed by atoms with Gasteiger partial charge in [0.05, 0.1) is 17.6 Å². The van der Waals surface area contributed by atoms with Crippen molar-refractivity contribution in [2.24, 2.45) is 5.73 Å². The van der Waals surface area contributed by atoms with Gasteiger partial charge < -0.3 is 15.4 Å². The summed E-state index contributed by atoms with van der Waals surface area (Å²) in [5.41, 5.74) is 5.65. The van der Waals surface area contributed by atoms with Crippen molar-refractivity contribution >= 4 is 17.3 Å². The number of nitro groups is 1. The van der Waals surface area contributed by atoms with Crippen LogP contribution in [0.5, 0.6) is 5.75 Å². The first-order valence-electron chi connectivity index (χ1n) is 6.88. The summed E-state index contributed by atoms with van der Waals surface area (Å²) in [6, 6.07) is 2.96. The van der Waals surface area contributed by atoms with Crippen molar-refractivity contribution in [2.75, 3.05) is 18.6 Å². The number of nitro benzene ring substituents is 1. The molecule has 2 rings (SSSR count). The number of carbonyl (C=O) groups is 1. The van der Waals surface area contributed by atoms with Crippen LogP contribution in [0.3, 0.4) is 0 Å². The highest BCUT2D eigenvalue weighted by atomic mass is 16.6. The van der Waals surface area contributed by atoms with Crippen LogP contribution in [0.2, 0.25) is 0 Å². The van der Waals surface area contributed by atoms with Gasteiger partial charge in [-0.3, -0.25) is 14.9 Å². The van der Waals surface area contributed by atoms with Crippen molar-refractivity contribution in [3.8, 4) is 5.75 Å². The Hall–Kier alpha value is -2.31. The van der Waals surface area contributed by atoms with E-state index in [-0.39, 0.29) is 23.0 Å². The van der Waals surface area contributed by atoms with E-state index in [0.29, 0.717) is 5.69 Å². The van der Waals surface area contributed by atoms with Gasteiger partial charge in [-0.1, -0.05) is 0 Å². The Balaban J connectivity index is 2.57. The van der Waals surface area contributed by atoms with Crippen molar-refractivity contribution in [2.45, 2.75) is 32.2 Å². The number of carbonyl (C=O) groups excluding carboxylic acids is 1. The number of methoxy groups -OCH3 is 1. The topological polar surface area (TPSA) is 98.7 Å². The van der Waals surface area contributed by atoms with Crippen LogP contribution in [0.25, 0.3) is 0 Å². The summed E-state index contributed by atoms with van der Waals surface area (Å²) in [5.74, 6) is -0.478. The number of benzene rings is 1. The number of rotatable bonds is 4. The van der Waals surface area contributed by atoms with Crippen molar-refractivity contribution in [1.82, 2.24) is 0 Å². The number of piperidine rings is 1. The number of nitrogens with two attached hydrogens (primary N) is 1. The van der Waals surface area contributed by atoms with E-state index >= 15 is 0 Å². The van der Waals surface area contributed by atoms with E-state index in [1.807, 2.05) is 11.8 Å². The van der Waals surface area contributed by atoms with E-state index in [2.05, 4.69) is 0 Å². The molecular weight excluding hydrogens is 274 g/mol. The number of primary amides is 1. The van der Waals surface area contributed by atoms with Crippen molar-refractivity contribution < 1.29 is 14.5 Å². The summed E-state index contributed by atoms with van der Waals surface area (Å²) in [6.45, 7) is 2.79. The molecule has 0 bridgehead atoms. The van der Waals surface area contributed by atoms with Crippen LogP contribution >= 0.6 is 0 Å². The van der Waals surface area contributed by atoms with Gasteiger partial charge in [0, 0.05) is 24.7 Å². The van der Waals surface area contributed by atoms with Crippen LogP contribution in [-0.2, 0) is 0 Å². The monoisotopic (exact) mass is 293 g/mol. The molecule has 1 atom stereocenters. The molecule has 0 aromatic heterocycles. The number of nitrogens with zero attached hydrogens (tertiary/aromatic N) is 2. The van der Waals surface area contributed by atoms with Crippen LogP contribution in [0.1, 0.15) is 36.5 Å². The third kappa shape index (κ3) is 2.91. The van der Waals surface area contributed by atoms with E-state index in [9.17, 15) is 14.9 Å². The summed E-state index contributed by atoms with van der Waals surface area (Å²) < 4.78 is 5.16. The molecule has 1 fully saturated rings. The van der Waals surface area contributed by atoms with Crippen LogP contribution in [0.4, 0.5) is 11.4 Å². The lowest BCUT2D eigenvalue weighted by molar-refractivity contribution is -0.384. The van der Waals surface area contributed by atoms with Gasteiger partial charge in [-0.05, 0) is 26.2 Å². The van der Waals surface area contributed by atoms with Gasteiger partial charge in [-0.2, -0.15) is 0 Å². The van der Waals surface area contributed by atoms with Gasteiger partial charge >= 0.3 is 0 Å². The Morgan fingerprint density at radius 3 is 2.71 bits per heavy atom. The third-order valence-corrected chi connectivity index (χ3v) is 3.87. The van der Waals surface area contributed by atoms with Crippen LogP contribution in [0, 0.1) is 10.1 Å². The minimum Gasteiger partial charge on any atom is -0.496 e. The van der Waals surface area contributed by atoms with Gasteiger partial charge in [-0.15, -0.1) is 0 Å². The standard InChI is InChI=1S/C14H19N3O4/c1-9-5-3-4-6-16(9)11-8-13(21-2)10(14(15)18)7-12(11)17(19)20/h7-9H,3-6H2,1-2H3,(H2,15,18)/t9-/m0/s1.